The summed E-state index contributed by atoms with van der Waals surface area (Å²) in [4.78, 5) is 15.8. The highest BCUT2D eigenvalue weighted by Gasteiger charge is 2.47. The number of carbonyl (C=O) groups is 1. The third-order valence-corrected chi connectivity index (χ3v) is 6.90. The average molecular weight is 421 g/mol. The molecule has 0 unspecified atom stereocenters. The summed E-state index contributed by atoms with van der Waals surface area (Å²) >= 11 is 6.04. The molecule has 5 heteroatoms. The van der Waals surface area contributed by atoms with Crippen LogP contribution in [0.5, 0.6) is 5.75 Å². The lowest BCUT2D eigenvalue weighted by Crippen LogP contribution is -2.57. The number of hydrogen-bond donors (Lipinski definition) is 1. The molecule has 2 aliphatic rings. The number of benzene rings is 1. The van der Waals surface area contributed by atoms with Gasteiger partial charge in [0.15, 0.2) is 5.60 Å². The van der Waals surface area contributed by atoms with E-state index in [4.69, 9.17) is 16.3 Å². The number of hydrogen-bond acceptors (Lipinski definition) is 3. The van der Waals surface area contributed by atoms with Crippen LogP contribution in [0.2, 0.25) is 5.02 Å². The molecule has 1 saturated heterocycles. The molecular formula is C24H37ClN2O2. The molecule has 4 nitrogen and oxygen atoms in total. The maximum atomic E-state index is 13.7. The van der Waals surface area contributed by atoms with Crippen molar-refractivity contribution in [2.45, 2.75) is 83.9 Å². The van der Waals surface area contributed by atoms with E-state index in [1.165, 1.54) is 0 Å². The van der Waals surface area contributed by atoms with Crippen molar-refractivity contribution in [2.24, 2.45) is 11.8 Å². The molecule has 162 valence electrons. The molecule has 1 amide bonds. The van der Waals surface area contributed by atoms with Crippen molar-refractivity contribution in [3.8, 4) is 5.75 Å². The van der Waals surface area contributed by atoms with Crippen LogP contribution >= 0.6 is 11.6 Å². The number of nitrogens with one attached hydrogen (secondary N) is 1. The predicted octanol–water partition coefficient (Wildman–Crippen LogP) is 5.29. The summed E-state index contributed by atoms with van der Waals surface area (Å²) in [7, 11) is 0. The summed E-state index contributed by atoms with van der Waals surface area (Å²) in [6, 6.07) is 8.32. The summed E-state index contributed by atoms with van der Waals surface area (Å²) in [5.74, 6) is 2.31. The Morgan fingerprint density at radius 2 is 1.66 bits per heavy atom. The van der Waals surface area contributed by atoms with E-state index in [1.54, 1.807) is 0 Å². The quantitative estimate of drug-likeness (QED) is 0.679. The van der Waals surface area contributed by atoms with Gasteiger partial charge in [0.2, 0.25) is 0 Å². The van der Waals surface area contributed by atoms with Crippen LogP contribution in [-0.4, -0.2) is 41.6 Å². The average Bonchev–Trinajstić information content (AvgIpc) is 2.70. The second kappa shape index (κ2) is 9.70. The maximum Gasteiger partial charge on any atom is 0.266 e. The molecule has 0 radical (unpaired) electrons. The Morgan fingerprint density at radius 1 is 1.07 bits per heavy atom. The normalized spacial score (nSPS) is 26.2. The first-order valence-corrected chi connectivity index (χ1v) is 11.7. The van der Waals surface area contributed by atoms with E-state index in [-0.39, 0.29) is 5.91 Å². The molecule has 1 aliphatic heterocycles. The molecule has 1 aliphatic carbocycles. The lowest BCUT2D eigenvalue weighted by Gasteiger charge is -2.44. The molecule has 0 spiro atoms. The van der Waals surface area contributed by atoms with Crippen molar-refractivity contribution >= 4 is 17.5 Å². The highest BCUT2D eigenvalue weighted by molar-refractivity contribution is 6.30. The minimum absolute atomic E-state index is 0.178. The van der Waals surface area contributed by atoms with Gasteiger partial charge in [-0.25, -0.2) is 0 Å². The molecule has 29 heavy (non-hydrogen) atoms. The Bertz CT molecular complexity index is 658. The van der Waals surface area contributed by atoms with Crippen molar-refractivity contribution in [3.05, 3.63) is 29.3 Å². The molecule has 1 saturated carbocycles. The van der Waals surface area contributed by atoms with Crippen LogP contribution in [0.1, 0.15) is 66.2 Å². The van der Waals surface area contributed by atoms with Gasteiger partial charge in [-0.15, -0.1) is 0 Å². The number of piperidine rings is 1. The summed E-state index contributed by atoms with van der Waals surface area (Å²) in [5.41, 5.74) is -0.756. The van der Waals surface area contributed by atoms with Gasteiger partial charge in [-0.1, -0.05) is 39.3 Å². The van der Waals surface area contributed by atoms with Gasteiger partial charge >= 0.3 is 0 Å². The van der Waals surface area contributed by atoms with E-state index < -0.39 is 5.60 Å². The van der Waals surface area contributed by atoms with Crippen LogP contribution in [0.4, 0.5) is 0 Å². The van der Waals surface area contributed by atoms with Crippen molar-refractivity contribution in [1.82, 2.24) is 10.2 Å². The number of ether oxygens (including phenoxy) is 1. The van der Waals surface area contributed by atoms with Crippen LogP contribution in [0, 0.1) is 11.8 Å². The van der Waals surface area contributed by atoms with E-state index in [2.05, 4.69) is 37.9 Å². The van der Waals surface area contributed by atoms with Crippen LogP contribution in [0.3, 0.4) is 0 Å². The zero-order valence-electron chi connectivity index (χ0n) is 18.4. The van der Waals surface area contributed by atoms with Gasteiger partial charge in [-0.2, -0.15) is 0 Å². The van der Waals surface area contributed by atoms with E-state index in [0.29, 0.717) is 23.0 Å². The summed E-state index contributed by atoms with van der Waals surface area (Å²) < 4.78 is 6.46. The summed E-state index contributed by atoms with van der Waals surface area (Å²) in [5, 5.41) is 4.31. The van der Waals surface area contributed by atoms with E-state index >= 15 is 0 Å². The largest absolute Gasteiger partial charge is 0.477 e. The standard InChI is InChI=1S/C24H37ClN2O2/c1-17(2)19-11-15-27(16-12-19)23(28)24(29-22-7-5-20(25)6-8-22)13-9-21(10-14-24)26-18(3)4/h5-8,17-19,21,26H,9-16H2,1-4H3. The molecule has 0 atom stereocenters. The molecule has 1 heterocycles. The number of amides is 1. The second-order valence-electron chi connectivity index (χ2n) is 9.52. The van der Waals surface area contributed by atoms with Crippen molar-refractivity contribution in [2.75, 3.05) is 13.1 Å². The smallest absolute Gasteiger partial charge is 0.266 e. The molecule has 0 bridgehead atoms. The first-order chi connectivity index (χ1) is 13.8. The van der Waals surface area contributed by atoms with Crippen molar-refractivity contribution < 1.29 is 9.53 Å². The first kappa shape index (κ1) is 22.4. The van der Waals surface area contributed by atoms with Gasteiger partial charge in [0.25, 0.3) is 5.91 Å². The third kappa shape index (κ3) is 5.67. The first-order valence-electron chi connectivity index (χ1n) is 11.3. The monoisotopic (exact) mass is 420 g/mol. The van der Waals surface area contributed by atoms with E-state index in [0.717, 1.165) is 63.3 Å². The fourth-order valence-electron chi connectivity index (χ4n) is 4.87. The van der Waals surface area contributed by atoms with Gasteiger partial charge in [0, 0.05) is 30.2 Å². The zero-order chi connectivity index (χ0) is 21.0. The SMILES string of the molecule is CC(C)NC1CCC(Oc2ccc(Cl)cc2)(C(=O)N2CCC(C(C)C)CC2)CC1. The Balaban J connectivity index is 1.74. The van der Waals surface area contributed by atoms with Crippen LogP contribution in [0.25, 0.3) is 0 Å². The lowest BCUT2D eigenvalue weighted by atomic mass is 9.79. The highest BCUT2D eigenvalue weighted by Crippen LogP contribution is 2.37. The van der Waals surface area contributed by atoms with Crippen LogP contribution in [0.15, 0.2) is 24.3 Å². The number of likely N-dealkylation sites (tertiary alicyclic amines) is 1. The van der Waals surface area contributed by atoms with Gasteiger partial charge < -0.3 is 15.0 Å². The van der Waals surface area contributed by atoms with Gasteiger partial charge in [0.1, 0.15) is 5.75 Å². The predicted molar refractivity (Wildman–Crippen MR) is 119 cm³/mol. The van der Waals surface area contributed by atoms with E-state index in [9.17, 15) is 4.79 Å². The number of rotatable bonds is 6. The molecule has 0 aromatic heterocycles. The summed E-state index contributed by atoms with van der Waals surface area (Å²) in [6.07, 6.45) is 5.61. The van der Waals surface area contributed by atoms with Gasteiger partial charge in [-0.3, -0.25) is 4.79 Å². The molecule has 1 aromatic carbocycles. The van der Waals surface area contributed by atoms with Gasteiger partial charge in [-0.05, 0) is 74.6 Å². The summed E-state index contributed by atoms with van der Waals surface area (Å²) in [6.45, 7) is 10.6. The highest BCUT2D eigenvalue weighted by atomic mass is 35.5. The minimum Gasteiger partial charge on any atom is -0.477 e. The molecule has 1 N–H and O–H groups in total. The number of carbonyl (C=O) groups excluding carboxylic acids is 1. The Hall–Kier alpha value is -1.26. The Labute approximate surface area is 181 Å². The Kier molecular flexibility index (Phi) is 7.50. The van der Waals surface area contributed by atoms with Crippen molar-refractivity contribution in [3.63, 3.8) is 0 Å². The Morgan fingerprint density at radius 3 is 2.17 bits per heavy atom. The zero-order valence-corrected chi connectivity index (χ0v) is 19.2. The number of halogens is 1. The molecular weight excluding hydrogens is 384 g/mol. The van der Waals surface area contributed by atoms with Crippen LogP contribution in [-0.2, 0) is 4.79 Å². The fraction of sp³-hybridized carbons (Fsp3) is 0.708. The third-order valence-electron chi connectivity index (χ3n) is 6.65. The van der Waals surface area contributed by atoms with Gasteiger partial charge in [0.05, 0.1) is 0 Å². The minimum atomic E-state index is -0.756. The number of nitrogens with zero attached hydrogens (tertiary/aromatic N) is 1. The topological polar surface area (TPSA) is 41.6 Å². The maximum absolute atomic E-state index is 13.7. The van der Waals surface area contributed by atoms with Crippen molar-refractivity contribution in [1.29, 1.82) is 0 Å². The second-order valence-corrected chi connectivity index (χ2v) is 9.96. The molecule has 1 aromatic rings. The van der Waals surface area contributed by atoms with Crippen LogP contribution < -0.4 is 10.1 Å². The lowest BCUT2D eigenvalue weighted by molar-refractivity contribution is -0.153. The molecule has 2 fully saturated rings. The molecule has 3 rings (SSSR count). The van der Waals surface area contributed by atoms with E-state index in [1.807, 2.05) is 24.3 Å². The fourth-order valence-corrected chi connectivity index (χ4v) is 4.99.